The third-order valence-corrected chi connectivity index (χ3v) is 3.21. The van der Waals surface area contributed by atoms with Gasteiger partial charge in [0.25, 0.3) is 0 Å². The van der Waals surface area contributed by atoms with Crippen LogP contribution < -0.4 is 4.74 Å². The molecule has 0 spiro atoms. The minimum Gasteiger partial charge on any atom is -0.434 e. The molecule has 0 saturated carbocycles. The Bertz CT molecular complexity index is 546. The van der Waals surface area contributed by atoms with Crippen molar-refractivity contribution >= 4 is 6.16 Å². The highest BCUT2D eigenvalue weighted by Crippen LogP contribution is 2.13. The van der Waals surface area contributed by atoms with Gasteiger partial charge in [-0.05, 0) is 42.5 Å². The number of ether oxygens (including phenoxy) is 2. The van der Waals surface area contributed by atoms with Crippen LogP contribution in [-0.4, -0.2) is 12.8 Å². The first-order valence-electron chi connectivity index (χ1n) is 7.25. The van der Waals surface area contributed by atoms with E-state index in [4.69, 9.17) is 9.47 Å². The van der Waals surface area contributed by atoms with Crippen LogP contribution in [0.4, 0.5) is 4.79 Å². The molecule has 0 unspecified atom stereocenters. The van der Waals surface area contributed by atoms with Crippen molar-refractivity contribution in [2.24, 2.45) is 0 Å². The van der Waals surface area contributed by atoms with Gasteiger partial charge < -0.3 is 9.47 Å². The highest BCUT2D eigenvalue weighted by Gasteiger charge is 2.05. The number of carbonyl (C=O) groups excluding carboxylic acids is 1. The molecule has 0 aromatic heterocycles. The molecule has 0 aliphatic heterocycles. The van der Waals surface area contributed by atoms with E-state index in [1.165, 1.54) is 11.1 Å². The van der Waals surface area contributed by atoms with Gasteiger partial charge in [-0.25, -0.2) is 4.79 Å². The lowest BCUT2D eigenvalue weighted by molar-refractivity contribution is 0.0980. The molecule has 0 amide bonds. The van der Waals surface area contributed by atoms with Crippen molar-refractivity contribution in [1.29, 1.82) is 0 Å². The highest BCUT2D eigenvalue weighted by atomic mass is 16.7. The van der Waals surface area contributed by atoms with Gasteiger partial charge >= 0.3 is 6.16 Å². The van der Waals surface area contributed by atoms with Crippen molar-refractivity contribution in [3.8, 4) is 5.75 Å². The van der Waals surface area contributed by atoms with E-state index in [0.717, 1.165) is 19.3 Å². The molecule has 0 bridgehead atoms. The second-order valence-corrected chi connectivity index (χ2v) is 4.79. The fraction of sp³-hybridized carbons (Fsp3) is 0.278. The molecule has 3 nitrogen and oxygen atoms in total. The van der Waals surface area contributed by atoms with E-state index < -0.39 is 6.16 Å². The van der Waals surface area contributed by atoms with Gasteiger partial charge in [0.2, 0.25) is 0 Å². The van der Waals surface area contributed by atoms with Crippen molar-refractivity contribution in [2.45, 2.75) is 26.2 Å². The fourth-order valence-corrected chi connectivity index (χ4v) is 2.00. The zero-order valence-electron chi connectivity index (χ0n) is 12.2. The maximum absolute atomic E-state index is 11.5. The van der Waals surface area contributed by atoms with Crippen molar-refractivity contribution < 1.29 is 14.3 Å². The van der Waals surface area contributed by atoms with E-state index >= 15 is 0 Å². The smallest absolute Gasteiger partial charge is 0.434 e. The molecular formula is C18H20O3. The molecule has 3 heteroatoms. The summed E-state index contributed by atoms with van der Waals surface area (Å²) < 4.78 is 10.2. The molecule has 0 radical (unpaired) electrons. The lowest BCUT2D eigenvalue weighted by Gasteiger charge is -2.06. The minimum absolute atomic E-state index is 0.362. The topological polar surface area (TPSA) is 35.5 Å². The molecule has 2 aromatic carbocycles. The van der Waals surface area contributed by atoms with Crippen LogP contribution in [0.15, 0.2) is 54.6 Å². The van der Waals surface area contributed by atoms with Crippen molar-refractivity contribution in [3.63, 3.8) is 0 Å². The van der Waals surface area contributed by atoms with E-state index in [-0.39, 0.29) is 0 Å². The average Bonchev–Trinajstić information content (AvgIpc) is 2.53. The molecule has 0 aliphatic rings. The Kier molecular flexibility index (Phi) is 5.83. The van der Waals surface area contributed by atoms with Gasteiger partial charge in [-0.2, -0.15) is 0 Å². The van der Waals surface area contributed by atoms with Gasteiger partial charge in [0, 0.05) is 0 Å². The van der Waals surface area contributed by atoms with Gasteiger partial charge in [-0.3, -0.25) is 0 Å². The first kappa shape index (κ1) is 15.1. The molecule has 21 heavy (non-hydrogen) atoms. The van der Waals surface area contributed by atoms with Gasteiger partial charge in [0.05, 0.1) is 6.61 Å². The van der Waals surface area contributed by atoms with Crippen LogP contribution in [0.5, 0.6) is 5.75 Å². The lowest BCUT2D eigenvalue weighted by atomic mass is 10.1. The van der Waals surface area contributed by atoms with Gasteiger partial charge in [-0.15, -0.1) is 0 Å². The summed E-state index contributed by atoms with van der Waals surface area (Å²) in [4.78, 5) is 11.5. The molecule has 0 atom stereocenters. The third-order valence-electron chi connectivity index (χ3n) is 3.21. The molecule has 0 N–H and O–H groups in total. The largest absolute Gasteiger partial charge is 0.513 e. The monoisotopic (exact) mass is 284 g/mol. The van der Waals surface area contributed by atoms with Crippen LogP contribution in [0.25, 0.3) is 0 Å². The summed E-state index contributed by atoms with van der Waals surface area (Å²) in [7, 11) is 0. The normalized spacial score (nSPS) is 10.1. The van der Waals surface area contributed by atoms with Gasteiger partial charge in [0.1, 0.15) is 5.75 Å². The maximum Gasteiger partial charge on any atom is 0.513 e. The predicted molar refractivity (Wildman–Crippen MR) is 82.6 cm³/mol. The van der Waals surface area contributed by atoms with Crippen LogP contribution in [0.1, 0.15) is 24.5 Å². The predicted octanol–water partition coefficient (Wildman–Crippen LogP) is 4.40. The number of hydrogen-bond donors (Lipinski definition) is 0. The summed E-state index contributed by atoms with van der Waals surface area (Å²) in [5, 5.41) is 0. The lowest BCUT2D eigenvalue weighted by Crippen LogP contribution is -2.11. The van der Waals surface area contributed by atoms with E-state index in [2.05, 4.69) is 19.1 Å². The number of aryl methyl sites for hydroxylation is 2. The molecular weight excluding hydrogens is 264 g/mol. The first-order valence-corrected chi connectivity index (χ1v) is 7.25. The SMILES string of the molecule is CCc1ccc(OC(=O)OCCCc2ccccc2)cc1. The Labute approximate surface area is 125 Å². The Morgan fingerprint density at radius 3 is 2.33 bits per heavy atom. The second-order valence-electron chi connectivity index (χ2n) is 4.79. The van der Waals surface area contributed by atoms with Crippen molar-refractivity contribution in [1.82, 2.24) is 0 Å². The van der Waals surface area contributed by atoms with E-state index in [0.29, 0.717) is 12.4 Å². The zero-order chi connectivity index (χ0) is 14.9. The van der Waals surface area contributed by atoms with Crippen LogP contribution in [0.2, 0.25) is 0 Å². The average molecular weight is 284 g/mol. The quantitative estimate of drug-likeness (QED) is 0.448. The molecule has 0 saturated heterocycles. The Balaban J connectivity index is 1.67. The van der Waals surface area contributed by atoms with E-state index in [1.807, 2.05) is 30.3 Å². The van der Waals surface area contributed by atoms with Gasteiger partial charge in [0.15, 0.2) is 0 Å². The zero-order valence-corrected chi connectivity index (χ0v) is 12.2. The Hall–Kier alpha value is -2.29. The summed E-state index contributed by atoms with van der Waals surface area (Å²) in [5.41, 5.74) is 2.45. The number of benzene rings is 2. The third kappa shape index (κ3) is 5.30. The summed E-state index contributed by atoms with van der Waals surface area (Å²) in [5.74, 6) is 0.514. The van der Waals surface area contributed by atoms with E-state index in [1.54, 1.807) is 12.1 Å². The van der Waals surface area contributed by atoms with Crippen LogP contribution in [0, 0.1) is 0 Å². The molecule has 0 heterocycles. The molecule has 0 fully saturated rings. The Morgan fingerprint density at radius 1 is 0.952 bits per heavy atom. The number of rotatable bonds is 6. The van der Waals surface area contributed by atoms with Crippen molar-refractivity contribution in [2.75, 3.05) is 6.61 Å². The molecule has 2 rings (SSSR count). The summed E-state index contributed by atoms with van der Waals surface area (Å²) in [6, 6.07) is 17.6. The van der Waals surface area contributed by atoms with E-state index in [9.17, 15) is 4.79 Å². The maximum atomic E-state index is 11.5. The van der Waals surface area contributed by atoms with Crippen molar-refractivity contribution in [3.05, 3.63) is 65.7 Å². The van der Waals surface area contributed by atoms with Crippen LogP contribution in [0.3, 0.4) is 0 Å². The highest BCUT2D eigenvalue weighted by molar-refractivity contribution is 5.63. The minimum atomic E-state index is -0.646. The second kappa shape index (κ2) is 8.10. The summed E-state index contributed by atoms with van der Waals surface area (Å²) in [6.07, 6.45) is 1.99. The number of carbonyl (C=O) groups is 1. The Morgan fingerprint density at radius 2 is 1.67 bits per heavy atom. The van der Waals surface area contributed by atoms with Crippen LogP contribution in [-0.2, 0) is 17.6 Å². The summed E-state index contributed by atoms with van der Waals surface area (Å²) >= 11 is 0. The standard InChI is InChI=1S/C18H20O3/c1-2-15-10-12-17(13-11-15)21-18(19)20-14-6-9-16-7-4-3-5-8-16/h3-5,7-8,10-13H,2,6,9,14H2,1H3. The van der Waals surface area contributed by atoms with Gasteiger partial charge in [-0.1, -0.05) is 49.4 Å². The molecule has 0 aliphatic carbocycles. The van der Waals surface area contributed by atoms with Crippen LogP contribution >= 0.6 is 0 Å². The molecule has 110 valence electrons. The number of hydrogen-bond acceptors (Lipinski definition) is 3. The molecule has 2 aromatic rings. The first-order chi connectivity index (χ1) is 10.3. The fourth-order valence-electron chi connectivity index (χ4n) is 2.00. The summed E-state index contributed by atoms with van der Waals surface area (Å²) in [6.45, 7) is 2.44.